The van der Waals surface area contributed by atoms with Crippen molar-refractivity contribution in [3.05, 3.63) is 90.0 Å². The van der Waals surface area contributed by atoms with Crippen molar-refractivity contribution in [3.63, 3.8) is 0 Å². The number of hydrogen-bond acceptors (Lipinski definition) is 1. The Hall–Kier alpha value is -1.99. The fraction of sp³-hybridized carbons (Fsp3) is 0.100. The quantitative estimate of drug-likeness (QED) is 0.609. The first-order valence-corrected chi connectivity index (χ1v) is 7.68. The highest BCUT2D eigenvalue weighted by molar-refractivity contribution is 7.80. The van der Waals surface area contributed by atoms with Crippen molar-refractivity contribution >= 4 is 12.6 Å². The summed E-state index contributed by atoms with van der Waals surface area (Å²) in [5, 5.41) is 0. The fourth-order valence-electron chi connectivity index (χ4n) is 2.45. The van der Waals surface area contributed by atoms with Crippen molar-refractivity contribution in [1.82, 2.24) is 0 Å². The van der Waals surface area contributed by atoms with Gasteiger partial charge in [0, 0.05) is 4.90 Å². The van der Waals surface area contributed by atoms with Crippen molar-refractivity contribution in [3.8, 4) is 11.1 Å². The van der Waals surface area contributed by atoms with Crippen LogP contribution in [0.2, 0.25) is 0 Å². The molecular weight excluding hydrogens is 272 g/mol. The van der Waals surface area contributed by atoms with Crippen LogP contribution in [-0.4, -0.2) is 0 Å². The normalized spacial score (nSPS) is 10.5. The minimum Gasteiger partial charge on any atom is -0.143 e. The molecule has 0 heterocycles. The van der Waals surface area contributed by atoms with E-state index in [1.165, 1.54) is 22.3 Å². The molecule has 0 saturated heterocycles. The lowest BCUT2D eigenvalue weighted by atomic mass is 10.0. The highest BCUT2D eigenvalue weighted by atomic mass is 32.1. The Morgan fingerprint density at radius 1 is 0.524 bits per heavy atom. The predicted molar refractivity (Wildman–Crippen MR) is 93.0 cm³/mol. The van der Waals surface area contributed by atoms with Crippen LogP contribution in [0.4, 0.5) is 0 Å². The highest BCUT2D eigenvalue weighted by Gasteiger charge is 1.99. The van der Waals surface area contributed by atoms with E-state index in [1.807, 2.05) is 12.1 Å². The van der Waals surface area contributed by atoms with Crippen LogP contribution < -0.4 is 0 Å². The van der Waals surface area contributed by atoms with Gasteiger partial charge in [-0.05, 0) is 47.2 Å². The molecule has 3 aromatic rings. The summed E-state index contributed by atoms with van der Waals surface area (Å²) in [4.78, 5) is 0.998. The number of thiol groups is 1. The first-order chi connectivity index (χ1) is 10.3. The molecule has 0 spiro atoms. The van der Waals surface area contributed by atoms with Crippen LogP contribution in [0.15, 0.2) is 83.8 Å². The smallest absolute Gasteiger partial charge is 0.00404 e. The van der Waals surface area contributed by atoms with Crippen LogP contribution in [0, 0.1) is 0 Å². The van der Waals surface area contributed by atoms with Crippen molar-refractivity contribution in [2.24, 2.45) is 0 Å². The molecule has 0 N–H and O–H groups in total. The minimum atomic E-state index is 0.998. The Bertz CT molecular complexity index is 682. The molecule has 0 radical (unpaired) electrons. The molecule has 3 rings (SSSR count). The Morgan fingerprint density at radius 2 is 1.00 bits per heavy atom. The van der Waals surface area contributed by atoms with E-state index in [9.17, 15) is 0 Å². The maximum Gasteiger partial charge on any atom is 0.00404 e. The van der Waals surface area contributed by atoms with Crippen LogP contribution in [0.1, 0.15) is 11.1 Å². The summed E-state index contributed by atoms with van der Waals surface area (Å²) in [5.74, 6) is 0. The maximum atomic E-state index is 4.32. The summed E-state index contributed by atoms with van der Waals surface area (Å²) in [6, 6.07) is 27.8. The lowest BCUT2D eigenvalue weighted by Crippen LogP contribution is -1.91. The topological polar surface area (TPSA) is 0 Å². The lowest BCUT2D eigenvalue weighted by Gasteiger charge is -2.05. The average molecular weight is 290 g/mol. The van der Waals surface area contributed by atoms with E-state index < -0.39 is 0 Å². The zero-order valence-electron chi connectivity index (χ0n) is 11.9. The molecule has 104 valence electrons. The first kappa shape index (κ1) is 14.0. The molecule has 0 bridgehead atoms. The van der Waals surface area contributed by atoms with Gasteiger partial charge in [0.2, 0.25) is 0 Å². The second-order valence-electron chi connectivity index (χ2n) is 5.23. The largest absolute Gasteiger partial charge is 0.143 e. The van der Waals surface area contributed by atoms with E-state index in [0.717, 1.165) is 17.7 Å². The number of benzene rings is 3. The molecular formula is C20H18S. The Balaban J connectivity index is 1.68. The van der Waals surface area contributed by atoms with Gasteiger partial charge in [-0.25, -0.2) is 0 Å². The molecule has 21 heavy (non-hydrogen) atoms. The Labute approximate surface area is 131 Å². The standard InChI is InChI=1S/C20H18S/c21-20-14-12-19(13-15-20)18-10-8-17(9-11-18)7-6-16-4-2-1-3-5-16/h1-5,8-15,21H,6-7H2. The van der Waals surface area contributed by atoms with Gasteiger partial charge in [-0.1, -0.05) is 66.7 Å². The van der Waals surface area contributed by atoms with Gasteiger partial charge in [0.15, 0.2) is 0 Å². The van der Waals surface area contributed by atoms with Crippen molar-refractivity contribution < 1.29 is 0 Å². The molecule has 1 heteroatoms. The number of rotatable bonds is 4. The summed E-state index contributed by atoms with van der Waals surface area (Å²) in [7, 11) is 0. The summed E-state index contributed by atoms with van der Waals surface area (Å²) in [6.07, 6.45) is 2.18. The van der Waals surface area contributed by atoms with E-state index in [1.54, 1.807) is 0 Å². The molecule has 0 nitrogen and oxygen atoms in total. The van der Waals surface area contributed by atoms with Crippen LogP contribution in [0.5, 0.6) is 0 Å². The Morgan fingerprint density at radius 3 is 1.57 bits per heavy atom. The highest BCUT2D eigenvalue weighted by Crippen LogP contribution is 2.21. The SMILES string of the molecule is Sc1ccc(-c2ccc(CCc3ccccc3)cc2)cc1. The van der Waals surface area contributed by atoms with Crippen LogP contribution in [-0.2, 0) is 12.8 Å². The number of hydrogen-bond donors (Lipinski definition) is 1. The van der Waals surface area contributed by atoms with Gasteiger partial charge in [-0.3, -0.25) is 0 Å². The molecule has 0 fully saturated rings. The first-order valence-electron chi connectivity index (χ1n) is 7.23. The van der Waals surface area contributed by atoms with Gasteiger partial charge >= 0.3 is 0 Å². The van der Waals surface area contributed by atoms with E-state index in [2.05, 4.69) is 79.4 Å². The summed E-state index contributed by atoms with van der Waals surface area (Å²) < 4.78 is 0. The van der Waals surface area contributed by atoms with E-state index in [0.29, 0.717) is 0 Å². The predicted octanol–water partition coefficient (Wildman–Crippen LogP) is 5.43. The van der Waals surface area contributed by atoms with Crippen LogP contribution in [0.3, 0.4) is 0 Å². The maximum absolute atomic E-state index is 4.32. The van der Waals surface area contributed by atoms with E-state index in [4.69, 9.17) is 0 Å². The number of aryl methyl sites for hydroxylation is 2. The van der Waals surface area contributed by atoms with Gasteiger partial charge in [-0.2, -0.15) is 0 Å². The molecule has 0 amide bonds. The van der Waals surface area contributed by atoms with E-state index >= 15 is 0 Å². The average Bonchev–Trinajstić information content (AvgIpc) is 2.55. The van der Waals surface area contributed by atoms with Gasteiger partial charge in [-0.15, -0.1) is 12.6 Å². The molecule has 3 aromatic carbocycles. The van der Waals surface area contributed by atoms with E-state index in [-0.39, 0.29) is 0 Å². The third kappa shape index (κ3) is 3.77. The second-order valence-corrected chi connectivity index (χ2v) is 5.75. The summed E-state index contributed by atoms with van der Waals surface area (Å²) in [5.41, 5.74) is 5.27. The van der Waals surface area contributed by atoms with Crippen molar-refractivity contribution in [1.29, 1.82) is 0 Å². The molecule has 0 aliphatic rings. The summed E-state index contributed by atoms with van der Waals surface area (Å²) in [6.45, 7) is 0. The third-order valence-corrected chi connectivity index (χ3v) is 4.00. The van der Waals surface area contributed by atoms with Gasteiger partial charge in [0.25, 0.3) is 0 Å². The Kier molecular flexibility index (Phi) is 4.42. The van der Waals surface area contributed by atoms with Crippen molar-refractivity contribution in [2.45, 2.75) is 17.7 Å². The second kappa shape index (κ2) is 6.64. The third-order valence-electron chi connectivity index (χ3n) is 3.70. The summed E-state index contributed by atoms with van der Waals surface area (Å²) >= 11 is 4.32. The zero-order chi connectivity index (χ0) is 14.5. The lowest BCUT2D eigenvalue weighted by molar-refractivity contribution is 0.960. The molecule has 0 atom stereocenters. The van der Waals surface area contributed by atoms with Gasteiger partial charge in [0.1, 0.15) is 0 Å². The van der Waals surface area contributed by atoms with Gasteiger partial charge in [0.05, 0.1) is 0 Å². The molecule has 0 aliphatic heterocycles. The minimum absolute atomic E-state index is 0.998. The van der Waals surface area contributed by atoms with Crippen LogP contribution >= 0.6 is 12.6 Å². The fourth-order valence-corrected chi connectivity index (χ4v) is 2.60. The zero-order valence-corrected chi connectivity index (χ0v) is 12.8. The molecule has 0 aromatic heterocycles. The monoisotopic (exact) mass is 290 g/mol. The molecule has 0 aliphatic carbocycles. The van der Waals surface area contributed by atoms with Crippen LogP contribution in [0.25, 0.3) is 11.1 Å². The molecule has 0 saturated carbocycles. The van der Waals surface area contributed by atoms with Gasteiger partial charge < -0.3 is 0 Å². The molecule has 0 unspecified atom stereocenters. The van der Waals surface area contributed by atoms with Crippen molar-refractivity contribution in [2.75, 3.05) is 0 Å².